The summed E-state index contributed by atoms with van der Waals surface area (Å²) in [5.74, 6) is -1.15. The Balaban J connectivity index is 1.75. The lowest BCUT2D eigenvalue weighted by atomic mass is 10.1. The number of carbonyl (C=O) groups is 1. The van der Waals surface area contributed by atoms with Crippen molar-refractivity contribution in [3.63, 3.8) is 0 Å². The number of fused-ring (bicyclic) bond motifs is 1. The minimum absolute atomic E-state index is 0.0693. The molecule has 0 radical (unpaired) electrons. The first-order valence-electron chi connectivity index (χ1n) is 6.72. The summed E-state index contributed by atoms with van der Waals surface area (Å²) in [5.41, 5.74) is 0.644. The maximum Gasteiger partial charge on any atom is 0.303 e. The van der Waals surface area contributed by atoms with Gasteiger partial charge in [-0.3, -0.25) is 4.79 Å². The van der Waals surface area contributed by atoms with E-state index in [1.54, 1.807) is 10.6 Å². The molecule has 0 aromatic carbocycles. The third-order valence-electron chi connectivity index (χ3n) is 3.79. The topological polar surface area (TPSA) is 88.7 Å². The SMILES string of the molecule is O=C(O)CC1(CS(=O)(=O)Cc2cn3ccccc3n2)CC1. The van der Waals surface area contributed by atoms with Gasteiger partial charge in [0.25, 0.3) is 0 Å². The van der Waals surface area contributed by atoms with E-state index in [1.807, 2.05) is 24.4 Å². The quantitative estimate of drug-likeness (QED) is 0.873. The number of rotatable bonds is 6. The van der Waals surface area contributed by atoms with Crippen LogP contribution in [0.5, 0.6) is 0 Å². The van der Waals surface area contributed by atoms with Gasteiger partial charge in [0.1, 0.15) is 5.65 Å². The van der Waals surface area contributed by atoms with Gasteiger partial charge in [-0.2, -0.15) is 0 Å². The molecule has 0 atom stereocenters. The van der Waals surface area contributed by atoms with E-state index < -0.39 is 21.2 Å². The van der Waals surface area contributed by atoms with E-state index in [0.29, 0.717) is 24.2 Å². The summed E-state index contributed by atoms with van der Waals surface area (Å²) < 4.78 is 26.3. The lowest BCUT2D eigenvalue weighted by Gasteiger charge is -2.11. The first kappa shape index (κ1) is 14.1. The Labute approximate surface area is 122 Å². The van der Waals surface area contributed by atoms with Crippen molar-refractivity contribution in [3.8, 4) is 0 Å². The summed E-state index contributed by atoms with van der Waals surface area (Å²) in [6.07, 6.45) is 4.78. The van der Waals surface area contributed by atoms with Crippen LogP contribution in [0.15, 0.2) is 30.6 Å². The summed E-state index contributed by atoms with van der Waals surface area (Å²) in [6, 6.07) is 5.49. The van der Waals surface area contributed by atoms with Gasteiger partial charge in [-0.05, 0) is 30.4 Å². The molecule has 1 fully saturated rings. The molecule has 1 saturated carbocycles. The van der Waals surface area contributed by atoms with E-state index in [-0.39, 0.29) is 17.9 Å². The van der Waals surface area contributed by atoms with Crippen LogP contribution in [0.1, 0.15) is 25.0 Å². The second-order valence-electron chi connectivity index (χ2n) is 5.80. The number of hydrogen-bond acceptors (Lipinski definition) is 4. The third kappa shape index (κ3) is 3.24. The van der Waals surface area contributed by atoms with Gasteiger partial charge in [-0.1, -0.05) is 6.07 Å². The summed E-state index contributed by atoms with van der Waals surface area (Å²) in [4.78, 5) is 15.1. The van der Waals surface area contributed by atoms with Crippen LogP contribution in [0.2, 0.25) is 0 Å². The molecule has 1 aliphatic carbocycles. The Hall–Kier alpha value is -1.89. The van der Waals surface area contributed by atoms with Crippen LogP contribution < -0.4 is 0 Å². The molecule has 3 rings (SSSR count). The largest absolute Gasteiger partial charge is 0.481 e. The number of hydrogen-bond donors (Lipinski definition) is 1. The van der Waals surface area contributed by atoms with Gasteiger partial charge in [0.15, 0.2) is 9.84 Å². The van der Waals surface area contributed by atoms with Gasteiger partial charge < -0.3 is 9.51 Å². The average Bonchev–Trinajstić information content (AvgIpc) is 2.97. The molecule has 0 bridgehead atoms. The molecule has 1 N–H and O–H groups in total. The van der Waals surface area contributed by atoms with Crippen LogP contribution >= 0.6 is 0 Å². The molecule has 2 heterocycles. The molecule has 0 amide bonds. The zero-order chi connectivity index (χ0) is 15.1. The van der Waals surface area contributed by atoms with Crippen molar-refractivity contribution >= 4 is 21.5 Å². The molecule has 21 heavy (non-hydrogen) atoms. The lowest BCUT2D eigenvalue weighted by molar-refractivity contribution is -0.138. The molecule has 2 aromatic rings. The molecule has 1 aliphatic rings. The molecule has 6 nitrogen and oxygen atoms in total. The van der Waals surface area contributed by atoms with E-state index >= 15 is 0 Å². The number of sulfone groups is 1. The molecule has 112 valence electrons. The Morgan fingerprint density at radius 2 is 2.14 bits per heavy atom. The Morgan fingerprint density at radius 3 is 2.76 bits per heavy atom. The number of aromatic nitrogens is 2. The fourth-order valence-electron chi connectivity index (χ4n) is 2.67. The van der Waals surface area contributed by atoms with Gasteiger partial charge in [0.05, 0.1) is 23.6 Å². The molecule has 0 unspecified atom stereocenters. The van der Waals surface area contributed by atoms with Gasteiger partial charge in [-0.15, -0.1) is 0 Å². The van der Waals surface area contributed by atoms with Crippen LogP contribution in [0.25, 0.3) is 5.65 Å². The normalized spacial score (nSPS) is 17.0. The van der Waals surface area contributed by atoms with Crippen LogP contribution in [0.3, 0.4) is 0 Å². The average molecular weight is 308 g/mol. The summed E-state index contributed by atoms with van der Waals surface area (Å²) in [5, 5.41) is 8.86. The second kappa shape index (κ2) is 4.84. The van der Waals surface area contributed by atoms with E-state index in [9.17, 15) is 13.2 Å². The fourth-order valence-corrected chi connectivity index (χ4v) is 4.68. The first-order chi connectivity index (χ1) is 9.88. The second-order valence-corrected chi connectivity index (χ2v) is 7.87. The number of aliphatic carboxylic acids is 1. The standard InChI is InChI=1S/C14H16N2O4S/c17-13(18)7-14(4-5-14)10-21(19,20)9-11-8-16-6-2-1-3-12(16)15-11/h1-3,6,8H,4-5,7,9-10H2,(H,17,18). The Morgan fingerprint density at radius 1 is 1.38 bits per heavy atom. The van der Waals surface area contributed by atoms with Crippen molar-refractivity contribution in [2.24, 2.45) is 5.41 Å². The zero-order valence-corrected chi connectivity index (χ0v) is 12.2. The summed E-state index contributed by atoms with van der Waals surface area (Å²) in [6.45, 7) is 0. The van der Waals surface area contributed by atoms with Crippen LogP contribution in [0, 0.1) is 5.41 Å². The summed E-state index contributed by atoms with van der Waals surface area (Å²) in [7, 11) is -3.36. The van der Waals surface area contributed by atoms with Gasteiger partial charge in [-0.25, -0.2) is 13.4 Å². The van der Waals surface area contributed by atoms with Crippen LogP contribution in [-0.4, -0.2) is 34.6 Å². The zero-order valence-electron chi connectivity index (χ0n) is 11.4. The highest BCUT2D eigenvalue weighted by Crippen LogP contribution is 2.50. The molecule has 0 spiro atoms. The lowest BCUT2D eigenvalue weighted by Crippen LogP contribution is -2.21. The van der Waals surface area contributed by atoms with E-state index in [2.05, 4.69) is 4.98 Å². The fraction of sp³-hybridized carbons (Fsp3) is 0.429. The maximum atomic E-state index is 12.3. The van der Waals surface area contributed by atoms with Crippen molar-refractivity contribution in [3.05, 3.63) is 36.3 Å². The molecule has 0 saturated heterocycles. The van der Waals surface area contributed by atoms with Gasteiger partial charge in [0, 0.05) is 12.4 Å². The Kier molecular flexibility index (Phi) is 3.24. The van der Waals surface area contributed by atoms with E-state index in [1.165, 1.54) is 0 Å². The van der Waals surface area contributed by atoms with Crippen molar-refractivity contribution < 1.29 is 18.3 Å². The molecular weight excluding hydrogens is 292 g/mol. The third-order valence-corrected chi connectivity index (χ3v) is 5.58. The van der Waals surface area contributed by atoms with Crippen molar-refractivity contribution in [1.29, 1.82) is 0 Å². The minimum atomic E-state index is -3.36. The number of imidazole rings is 1. The molecule has 2 aromatic heterocycles. The van der Waals surface area contributed by atoms with Crippen LogP contribution in [0.4, 0.5) is 0 Å². The molecule has 0 aliphatic heterocycles. The first-order valence-corrected chi connectivity index (χ1v) is 8.55. The maximum absolute atomic E-state index is 12.3. The van der Waals surface area contributed by atoms with E-state index in [0.717, 1.165) is 0 Å². The van der Waals surface area contributed by atoms with Crippen molar-refractivity contribution in [1.82, 2.24) is 9.38 Å². The molecular formula is C14H16N2O4S. The van der Waals surface area contributed by atoms with Crippen LogP contribution in [-0.2, 0) is 20.4 Å². The monoisotopic (exact) mass is 308 g/mol. The van der Waals surface area contributed by atoms with Crippen molar-refractivity contribution in [2.45, 2.75) is 25.0 Å². The van der Waals surface area contributed by atoms with Crippen molar-refractivity contribution in [2.75, 3.05) is 5.75 Å². The highest BCUT2D eigenvalue weighted by molar-refractivity contribution is 7.90. The van der Waals surface area contributed by atoms with Gasteiger partial charge in [0.2, 0.25) is 0 Å². The van der Waals surface area contributed by atoms with Gasteiger partial charge >= 0.3 is 5.97 Å². The summed E-state index contributed by atoms with van der Waals surface area (Å²) >= 11 is 0. The smallest absolute Gasteiger partial charge is 0.303 e. The minimum Gasteiger partial charge on any atom is -0.481 e. The number of carboxylic acid groups (broad SMARTS) is 1. The number of pyridine rings is 1. The number of nitrogens with zero attached hydrogens (tertiary/aromatic N) is 2. The van der Waals surface area contributed by atoms with E-state index in [4.69, 9.17) is 5.11 Å². The predicted molar refractivity (Wildman–Crippen MR) is 76.6 cm³/mol. The molecule has 7 heteroatoms. The number of carboxylic acids is 1. The predicted octanol–water partition coefficient (Wildman–Crippen LogP) is 1.50. The highest BCUT2D eigenvalue weighted by Gasteiger charge is 2.47. The Bertz CT molecular complexity index is 757. The highest BCUT2D eigenvalue weighted by atomic mass is 32.2.